The van der Waals surface area contributed by atoms with E-state index in [1.807, 2.05) is 0 Å². The number of para-hydroxylation sites is 2. The maximum Gasteiger partial charge on any atom is 0.425 e. The molecule has 0 bridgehead atoms. The summed E-state index contributed by atoms with van der Waals surface area (Å²) in [5.74, 6) is 1.51. The van der Waals surface area contributed by atoms with Crippen LogP contribution < -0.4 is 14.6 Å². The van der Waals surface area contributed by atoms with Gasteiger partial charge in [0, 0.05) is 28.5 Å². The van der Waals surface area contributed by atoms with Gasteiger partial charge >= 0.3 is 8.56 Å². The molecule has 216 valence electrons. The Bertz CT molecular complexity index is 1300. The molecule has 2 aromatic carbocycles. The van der Waals surface area contributed by atoms with Crippen LogP contribution in [0.3, 0.4) is 0 Å². The Hall–Kier alpha value is -2.76. The van der Waals surface area contributed by atoms with E-state index < -0.39 is 8.56 Å². The second kappa shape index (κ2) is 10.6. The van der Waals surface area contributed by atoms with Gasteiger partial charge in [0.1, 0.15) is 0 Å². The Morgan fingerprint density at radius 3 is 1.45 bits per heavy atom. The third-order valence-electron chi connectivity index (χ3n) is 8.69. The standard InChI is InChI=1S/C35H52N4Si/c1-22(2)29-17-15-18-30(23(3)4)33(29)37-27(11)21-28(12)38(40(37)35(13,14)36-39(40)26(9)10)34-31(24(5)6)19-16-20-32(34)25(7)8/h15-25,36H,9,11H2,1-8,10,12-14H3. The Kier molecular flexibility index (Phi) is 7.98. The molecule has 0 aromatic heterocycles. The lowest BCUT2D eigenvalue weighted by Crippen LogP contribution is -2.99. The average Bonchev–Trinajstić information content (AvgIpc) is 2.85. The van der Waals surface area contributed by atoms with Gasteiger partial charge in [-0.3, -0.25) is 0 Å². The largest absolute Gasteiger partial charge is 0.425 e. The summed E-state index contributed by atoms with van der Waals surface area (Å²) in [5, 5.41) is -0.221. The van der Waals surface area contributed by atoms with Crippen LogP contribution in [0.15, 0.2) is 72.7 Å². The molecule has 5 heteroatoms. The van der Waals surface area contributed by atoms with Crippen LogP contribution in [0.5, 0.6) is 0 Å². The van der Waals surface area contributed by atoms with Crippen LogP contribution in [0.4, 0.5) is 11.4 Å². The molecule has 1 unspecified atom stereocenters. The zero-order valence-electron chi connectivity index (χ0n) is 27.1. The number of nitrogens with one attached hydrogen (secondary N) is 1. The molecule has 2 aliphatic rings. The molecule has 1 saturated heterocycles. The van der Waals surface area contributed by atoms with E-state index in [2.05, 4.69) is 151 Å². The van der Waals surface area contributed by atoms with E-state index in [0.717, 1.165) is 11.4 Å². The van der Waals surface area contributed by atoms with Gasteiger partial charge in [-0.2, -0.15) is 0 Å². The van der Waals surface area contributed by atoms with Crippen LogP contribution in [0, 0.1) is 0 Å². The highest BCUT2D eigenvalue weighted by molar-refractivity contribution is 6.90. The Labute approximate surface area is 245 Å². The molecule has 0 radical (unpaired) electrons. The van der Waals surface area contributed by atoms with Crippen LogP contribution in [-0.2, 0) is 0 Å². The second-order valence-electron chi connectivity index (χ2n) is 13.6. The van der Waals surface area contributed by atoms with Gasteiger partial charge in [0.2, 0.25) is 0 Å². The molecule has 4 nitrogen and oxygen atoms in total. The molecule has 0 saturated carbocycles. The summed E-state index contributed by atoms with van der Waals surface area (Å²) >= 11 is 0. The highest BCUT2D eigenvalue weighted by atomic mass is 28.4. The van der Waals surface area contributed by atoms with Crippen LogP contribution >= 0.6 is 0 Å². The van der Waals surface area contributed by atoms with Gasteiger partial charge in [0.15, 0.2) is 0 Å². The van der Waals surface area contributed by atoms with Crippen molar-refractivity contribution in [2.75, 3.05) is 9.13 Å². The maximum atomic E-state index is 4.78. The molecule has 0 amide bonds. The molecule has 1 fully saturated rings. The summed E-state index contributed by atoms with van der Waals surface area (Å²) in [4.78, 5) is 0. The fourth-order valence-electron chi connectivity index (χ4n) is 6.87. The van der Waals surface area contributed by atoms with E-state index in [1.54, 1.807) is 0 Å². The first kappa shape index (κ1) is 30.2. The number of benzene rings is 2. The van der Waals surface area contributed by atoms with E-state index in [4.69, 9.17) is 6.58 Å². The van der Waals surface area contributed by atoms with E-state index in [9.17, 15) is 0 Å². The lowest BCUT2D eigenvalue weighted by molar-refractivity contribution is 0.194. The first-order valence-corrected chi connectivity index (χ1v) is 16.9. The third kappa shape index (κ3) is 4.37. The number of hydrogen-bond acceptors (Lipinski definition) is 4. The SMILES string of the molecule is C=C(C)N1NC(C)(C)[Si]12N(c1c(C(C)C)cccc1C(C)C)C(=C)C=C(C)N2c1c(C(C)C)cccc1C(C)C. The summed E-state index contributed by atoms with van der Waals surface area (Å²) in [6.07, 6.45) is 2.31. The van der Waals surface area contributed by atoms with Crippen LogP contribution in [-0.4, -0.2) is 18.4 Å². The minimum Gasteiger partial charge on any atom is -0.335 e. The van der Waals surface area contributed by atoms with Gasteiger partial charge < -0.3 is 13.8 Å². The lowest BCUT2D eigenvalue weighted by Gasteiger charge is -2.71. The summed E-state index contributed by atoms with van der Waals surface area (Å²) in [5.41, 5.74) is 15.4. The number of hydrogen-bond donors (Lipinski definition) is 1. The molecule has 40 heavy (non-hydrogen) atoms. The van der Waals surface area contributed by atoms with Crippen molar-refractivity contribution in [3.63, 3.8) is 0 Å². The molecular weight excluding hydrogens is 504 g/mol. The number of hydrazine groups is 1. The molecule has 4 rings (SSSR count). The third-order valence-corrected chi connectivity index (χ3v) is 13.9. The summed E-state index contributed by atoms with van der Waals surface area (Å²) in [6.45, 7) is 37.0. The fourth-order valence-corrected chi connectivity index (χ4v) is 12.4. The normalized spacial score (nSPS) is 20.8. The summed E-state index contributed by atoms with van der Waals surface area (Å²) in [6, 6.07) is 13.8. The van der Waals surface area contributed by atoms with Crippen molar-refractivity contribution in [3.05, 3.63) is 95.0 Å². The highest BCUT2D eigenvalue weighted by Gasteiger charge is 2.74. The van der Waals surface area contributed by atoms with Crippen molar-refractivity contribution in [2.45, 2.75) is 112 Å². The first-order valence-electron chi connectivity index (χ1n) is 15.1. The van der Waals surface area contributed by atoms with Crippen LogP contribution in [0.2, 0.25) is 0 Å². The second-order valence-corrected chi connectivity index (χ2v) is 17.4. The predicted molar refractivity (Wildman–Crippen MR) is 177 cm³/mol. The summed E-state index contributed by atoms with van der Waals surface area (Å²) < 4.78 is 7.85. The Morgan fingerprint density at radius 2 is 1.12 bits per heavy atom. The van der Waals surface area contributed by atoms with Gasteiger partial charge in [-0.05, 0) is 79.7 Å². The lowest BCUT2D eigenvalue weighted by atomic mass is 9.92. The van der Waals surface area contributed by atoms with Gasteiger partial charge in [-0.25, -0.2) is 5.43 Å². The molecule has 2 aliphatic heterocycles. The van der Waals surface area contributed by atoms with Gasteiger partial charge in [-0.15, -0.1) is 0 Å². The zero-order valence-corrected chi connectivity index (χ0v) is 28.1. The van der Waals surface area contributed by atoms with Crippen molar-refractivity contribution < 1.29 is 0 Å². The number of rotatable bonds is 7. The Balaban J connectivity index is 2.23. The first-order chi connectivity index (χ1) is 18.6. The van der Waals surface area contributed by atoms with Crippen LogP contribution in [0.25, 0.3) is 0 Å². The van der Waals surface area contributed by atoms with E-state index in [1.165, 1.54) is 39.3 Å². The monoisotopic (exact) mass is 556 g/mol. The minimum atomic E-state index is -2.90. The van der Waals surface area contributed by atoms with Crippen LogP contribution in [0.1, 0.15) is 129 Å². The van der Waals surface area contributed by atoms with E-state index >= 15 is 0 Å². The summed E-state index contributed by atoms with van der Waals surface area (Å²) in [7, 11) is -2.90. The number of allylic oxidation sites excluding steroid dienone is 3. The smallest absolute Gasteiger partial charge is 0.335 e. The molecule has 0 aliphatic carbocycles. The fraction of sp³-hybridized carbons (Fsp3) is 0.486. The van der Waals surface area contributed by atoms with Crippen molar-refractivity contribution in [3.8, 4) is 0 Å². The molecule has 1 atom stereocenters. The van der Waals surface area contributed by atoms with Crippen molar-refractivity contribution in [1.29, 1.82) is 0 Å². The maximum absolute atomic E-state index is 4.78. The van der Waals surface area contributed by atoms with E-state index in [-0.39, 0.29) is 5.16 Å². The van der Waals surface area contributed by atoms with Crippen molar-refractivity contribution in [1.82, 2.24) is 10.1 Å². The quantitative estimate of drug-likeness (QED) is 0.343. The van der Waals surface area contributed by atoms with Gasteiger partial charge in [0.05, 0.1) is 5.16 Å². The predicted octanol–water partition coefficient (Wildman–Crippen LogP) is 9.53. The average molecular weight is 557 g/mol. The highest BCUT2D eigenvalue weighted by Crippen LogP contribution is 2.54. The minimum absolute atomic E-state index is 0.221. The van der Waals surface area contributed by atoms with Crippen molar-refractivity contribution >= 4 is 19.9 Å². The molecule has 2 heterocycles. The number of nitrogens with zero attached hydrogens (tertiary/aromatic N) is 3. The molecule has 1 N–H and O–H groups in total. The van der Waals surface area contributed by atoms with Gasteiger partial charge in [0.25, 0.3) is 0 Å². The zero-order chi connectivity index (χ0) is 29.9. The molecular formula is C35H52N4Si. The number of anilines is 2. The molecule has 2 aromatic rings. The molecule has 1 spiro atoms. The van der Waals surface area contributed by atoms with E-state index in [0.29, 0.717) is 23.7 Å². The topological polar surface area (TPSA) is 21.8 Å². The van der Waals surface area contributed by atoms with Gasteiger partial charge in [-0.1, -0.05) is 105 Å². The Morgan fingerprint density at radius 1 is 0.750 bits per heavy atom. The van der Waals surface area contributed by atoms with Crippen molar-refractivity contribution in [2.24, 2.45) is 0 Å².